The van der Waals surface area contributed by atoms with Crippen molar-refractivity contribution in [3.8, 4) is 28.8 Å². The van der Waals surface area contributed by atoms with E-state index in [1.807, 2.05) is 24.0 Å². The molecule has 1 atom stereocenters. The van der Waals surface area contributed by atoms with Gasteiger partial charge in [-0.25, -0.2) is 14.4 Å². The summed E-state index contributed by atoms with van der Waals surface area (Å²) >= 11 is 0. The Bertz CT molecular complexity index is 1410. The van der Waals surface area contributed by atoms with Crippen molar-refractivity contribution in [1.82, 2.24) is 25.1 Å². The zero-order valence-corrected chi connectivity index (χ0v) is 21.1. The third-order valence-corrected chi connectivity index (χ3v) is 6.92. The number of phenolic OH excluding ortho intramolecular Hbond substituents is 1. The van der Waals surface area contributed by atoms with Crippen molar-refractivity contribution in [3.05, 3.63) is 48.2 Å². The zero-order chi connectivity index (χ0) is 26.6. The summed E-state index contributed by atoms with van der Waals surface area (Å²) in [6, 6.07) is 8.74. The highest BCUT2D eigenvalue weighted by Gasteiger charge is 2.26. The molecule has 2 aliphatic rings. The third kappa shape index (κ3) is 5.29. The van der Waals surface area contributed by atoms with E-state index in [1.165, 1.54) is 0 Å². The maximum atomic E-state index is 14.9. The van der Waals surface area contributed by atoms with Crippen molar-refractivity contribution in [2.75, 3.05) is 48.3 Å². The lowest BCUT2D eigenvalue weighted by molar-refractivity contribution is -0.127. The van der Waals surface area contributed by atoms with Gasteiger partial charge in [0.15, 0.2) is 17.5 Å². The summed E-state index contributed by atoms with van der Waals surface area (Å²) in [5, 5.41) is 18.5. The van der Waals surface area contributed by atoms with E-state index in [-0.39, 0.29) is 35.2 Å². The Kier molecular flexibility index (Phi) is 7.22. The summed E-state index contributed by atoms with van der Waals surface area (Å²) in [5.74, 6) is 6.21. The second-order valence-electron chi connectivity index (χ2n) is 9.42. The van der Waals surface area contributed by atoms with Gasteiger partial charge in [0.2, 0.25) is 11.7 Å². The van der Waals surface area contributed by atoms with Crippen LogP contribution in [0.1, 0.15) is 32.0 Å². The van der Waals surface area contributed by atoms with Crippen molar-refractivity contribution in [1.29, 1.82) is 0 Å². The van der Waals surface area contributed by atoms with E-state index in [2.05, 4.69) is 36.9 Å². The number of likely N-dealkylation sites (tertiary alicyclic amines) is 1. The monoisotopic (exact) mass is 516 g/mol. The first-order chi connectivity index (χ1) is 18.4. The quantitative estimate of drug-likeness (QED) is 0.503. The Morgan fingerprint density at radius 1 is 1.18 bits per heavy atom. The summed E-state index contributed by atoms with van der Waals surface area (Å²) in [5.41, 5.74) is 7.99. The fraction of sp³-hybridized carbons (Fsp3) is 0.370. The Hall–Kier alpha value is -4.46. The van der Waals surface area contributed by atoms with E-state index in [0.717, 1.165) is 19.0 Å². The normalized spacial score (nSPS) is 17.8. The highest BCUT2D eigenvalue weighted by molar-refractivity contribution is 5.78. The fourth-order valence-electron chi connectivity index (χ4n) is 4.79. The molecule has 3 aromatic rings. The van der Waals surface area contributed by atoms with Gasteiger partial charge in [-0.05, 0) is 43.9 Å². The summed E-state index contributed by atoms with van der Waals surface area (Å²) in [6.45, 7) is 4.73. The Morgan fingerprint density at radius 2 is 2.03 bits per heavy atom. The van der Waals surface area contributed by atoms with Crippen LogP contribution in [0.15, 0.2) is 36.5 Å². The molecule has 0 bridgehead atoms. The van der Waals surface area contributed by atoms with Crippen LogP contribution in [0.4, 0.5) is 21.7 Å². The van der Waals surface area contributed by atoms with E-state index < -0.39 is 5.82 Å². The number of rotatable bonds is 4. The van der Waals surface area contributed by atoms with Crippen LogP contribution in [0.3, 0.4) is 0 Å². The predicted molar refractivity (Wildman–Crippen MR) is 142 cm³/mol. The van der Waals surface area contributed by atoms with Gasteiger partial charge in [-0.1, -0.05) is 18.1 Å². The molecule has 0 radical (unpaired) electrons. The van der Waals surface area contributed by atoms with E-state index in [1.54, 1.807) is 23.1 Å². The Balaban J connectivity index is 1.34. The maximum absolute atomic E-state index is 14.9. The number of aromatic hydroxyl groups is 1. The minimum Gasteiger partial charge on any atom is -0.507 e. The number of nitrogens with two attached hydrogens (primary N) is 1. The molecule has 4 heterocycles. The van der Waals surface area contributed by atoms with Crippen molar-refractivity contribution in [2.45, 2.75) is 32.2 Å². The number of carbonyl (C=O) groups excluding carboxylic acids is 1. The molecular formula is C27H29FN8O2. The molecule has 1 aromatic carbocycles. The lowest BCUT2D eigenvalue weighted by Crippen LogP contribution is -2.36. The molecule has 1 amide bonds. The van der Waals surface area contributed by atoms with Gasteiger partial charge in [-0.15, -0.1) is 10.2 Å². The van der Waals surface area contributed by atoms with Gasteiger partial charge in [0.1, 0.15) is 5.75 Å². The van der Waals surface area contributed by atoms with Gasteiger partial charge in [-0.2, -0.15) is 0 Å². The van der Waals surface area contributed by atoms with Crippen LogP contribution in [0.25, 0.3) is 11.3 Å². The van der Waals surface area contributed by atoms with Gasteiger partial charge in [-0.3, -0.25) is 4.79 Å². The fourth-order valence-corrected chi connectivity index (χ4v) is 4.79. The number of benzene rings is 1. The number of para-hydroxylation sites is 1. The molecule has 2 aliphatic heterocycles. The predicted octanol–water partition coefficient (Wildman–Crippen LogP) is 2.44. The van der Waals surface area contributed by atoms with Gasteiger partial charge >= 0.3 is 0 Å². The SMILES string of the molecule is C[C@@H]1CCN(c2cc(-c3ccccc3O)nnc2N)CCN1c1nc(C#CCN2CCCC2=O)ncc1F. The standard InChI is InChI=1S/C27H29FN8O2/c1-18-10-13-34(22-16-21(32-33-26(22)29)19-6-2-3-7-23(19)37)14-15-36(18)27-20(28)17-30-24(31-27)8-4-11-35-12-5-9-25(35)38/h2-3,6-7,16-18,37H,5,9-15H2,1H3,(H2,29,33)/t18-/m1/s1. The molecule has 3 N–H and O–H groups in total. The first-order valence-corrected chi connectivity index (χ1v) is 12.6. The van der Waals surface area contributed by atoms with Gasteiger partial charge in [0.05, 0.1) is 24.1 Å². The number of anilines is 3. The largest absolute Gasteiger partial charge is 0.507 e. The number of hydrogen-bond donors (Lipinski definition) is 2. The Morgan fingerprint density at radius 3 is 2.82 bits per heavy atom. The molecular weight excluding hydrogens is 487 g/mol. The lowest BCUT2D eigenvalue weighted by atomic mass is 10.1. The summed E-state index contributed by atoms with van der Waals surface area (Å²) in [6.07, 6.45) is 3.26. The van der Waals surface area contributed by atoms with Crippen molar-refractivity contribution in [3.63, 3.8) is 0 Å². The molecule has 0 unspecified atom stereocenters. The molecule has 11 heteroatoms. The highest BCUT2D eigenvalue weighted by Crippen LogP contribution is 2.32. The van der Waals surface area contributed by atoms with Crippen LogP contribution < -0.4 is 15.5 Å². The van der Waals surface area contributed by atoms with Gasteiger partial charge < -0.3 is 25.5 Å². The van der Waals surface area contributed by atoms with E-state index in [9.17, 15) is 14.3 Å². The number of nitrogens with zero attached hydrogens (tertiary/aromatic N) is 7. The van der Waals surface area contributed by atoms with Crippen LogP contribution in [0.2, 0.25) is 0 Å². The minimum absolute atomic E-state index is 0.0129. The molecule has 0 aliphatic carbocycles. The topological polar surface area (TPSA) is 125 Å². The van der Waals surface area contributed by atoms with Crippen molar-refractivity contribution < 1.29 is 14.3 Å². The van der Waals surface area contributed by atoms with Gasteiger partial charge in [0.25, 0.3) is 0 Å². The molecule has 38 heavy (non-hydrogen) atoms. The summed E-state index contributed by atoms with van der Waals surface area (Å²) in [7, 11) is 0. The number of carbonyl (C=O) groups is 1. The number of hydrogen-bond acceptors (Lipinski definition) is 9. The molecule has 5 rings (SSSR count). The number of phenols is 1. The van der Waals surface area contributed by atoms with Crippen LogP contribution in [-0.4, -0.2) is 74.8 Å². The molecule has 2 saturated heterocycles. The molecule has 0 spiro atoms. The van der Waals surface area contributed by atoms with Crippen LogP contribution in [-0.2, 0) is 4.79 Å². The lowest BCUT2D eigenvalue weighted by Gasteiger charge is -2.28. The molecule has 2 fully saturated rings. The van der Waals surface area contributed by atoms with E-state index >= 15 is 0 Å². The van der Waals surface area contributed by atoms with E-state index in [4.69, 9.17) is 5.73 Å². The molecule has 2 aromatic heterocycles. The van der Waals surface area contributed by atoms with Crippen LogP contribution >= 0.6 is 0 Å². The van der Waals surface area contributed by atoms with Crippen LogP contribution in [0.5, 0.6) is 5.75 Å². The second kappa shape index (κ2) is 10.9. The third-order valence-electron chi connectivity index (χ3n) is 6.92. The first-order valence-electron chi connectivity index (χ1n) is 12.6. The second-order valence-corrected chi connectivity index (χ2v) is 9.42. The first kappa shape index (κ1) is 25.2. The minimum atomic E-state index is -0.516. The smallest absolute Gasteiger partial charge is 0.223 e. The summed E-state index contributed by atoms with van der Waals surface area (Å²) in [4.78, 5) is 26.0. The van der Waals surface area contributed by atoms with Crippen molar-refractivity contribution >= 4 is 23.2 Å². The highest BCUT2D eigenvalue weighted by atomic mass is 19.1. The average Bonchev–Trinajstić information content (AvgIpc) is 3.22. The van der Waals surface area contributed by atoms with Gasteiger partial charge in [0, 0.05) is 44.2 Å². The van der Waals surface area contributed by atoms with E-state index in [0.29, 0.717) is 56.1 Å². The Labute approximate surface area is 220 Å². The number of halogens is 1. The molecule has 196 valence electrons. The maximum Gasteiger partial charge on any atom is 0.223 e. The zero-order valence-electron chi connectivity index (χ0n) is 21.1. The average molecular weight is 517 g/mol. The number of aromatic nitrogens is 4. The molecule has 0 saturated carbocycles. The molecule has 10 nitrogen and oxygen atoms in total. The van der Waals surface area contributed by atoms with Crippen molar-refractivity contribution in [2.24, 2.45) is 0 Å². The summed E-state index contributed by atoms with van der Waals surface area (Å²) < 4.78 is 14.9. The van der Waals surface area contributed by atoms with Crippen LogP contribution in [0, 0.1) is 17.7 Å². The number of nitrogen functional groups attached to an aromatic ring is 1. The number of amides is 1.